The van der Waals surface area contributed by atoms with Crippen LogP contribution < -0.4 is 4.72 Å². The Morgan fingerprint density at radius 1 is 1.75 bits per heavy atom. The molecular weight excluding hydrogens is 180 g/mol. The SMILES string of the molecule is CC(=O)N[S]1C=CC=C1[N+](=O)[O-]. The maximum absolute atomic E-state index is 10.6. The maximum Gasteiger partial charge on any atom is 0.316 e. The van der Waals surface area contributed by atoms with E-state index in [0.29, 0.717) is 0 Å². The fraction of sp³-hybridized carbons (Fsp3) is 0.167. The molecule has 1 rings (SSSR count). The number of amides is 1. The number of hydrogen-bond donors (Lipinski definition) is 1. The van der Waals surface area contributed by atoms with Crippen molar-refractivity contribution >= 4 is 17.0 Å². The maximum atomic E-state index is 10.6. The normalized spacial score (nSPS) is 15.9. The molecule has 0 unspecified atom stereocenters. The van der Waals surface area contributed by atoms with Crippen molar-refractivity contribution in [1.29, 1.82) is 0 Å². The molecule has 1 heterocycles. The molecule has 0 atom stereocenters. The number of allylic oxidation sites excluding steroid dienone is 2. The zero-order valence-corrected chi connectivity index (χ0v) is 7.13. The number of carbonyl (C=O) groups excluding carboxylic acids is 1. The van der Waals surface area contributed by atoms with E-state index in [1.54, 1.807) is 11.5 Å². The summed E-state index contributed by atoms with van der Waals surface area (Å²) in [6, 6.07) is 0. The van der Waals surface area contributed by atoms with Crippen molar-refractivity contribution in [1.82, 2.24) is 4.72 Å². The number of carbonyl (C=O) groups is 1. The van der Waals surface area contributed by atoms with Gasteiger partial charge in [0.05, 0.1) is 4.92 Å². The van der Waals surface area contributed by atoms with Crippen LogP contribution in [0.2, 0.25) is 0 Å². The average molecular weight is 187 g/mol. The molecule has 0 aromatic carbocycles. The Morgan fingerprint density at radius 2 is 2.42 bits per heavy atom. The summed E-state index contributed by atoms with van der Waals surface area (Å²) in [7, 11) is 0. The molecule has 6 heteroatoms. The lowest BCUT2D eigenvalue weighted by molar-refractivity contribution is -0.410. The summed E-state index contributed by atoms with van der Waals surface area (Å²) >= 11 is -0.843. The summed E-state index contributed by atoms with van der Waals surface area (Å²) in [5, 5.41) is 12.0. The van der Waals surface area contributed by atoms with Crippen molar-refractivity contribution in [3.63, 3.8) is 0 Å². The van der Waals surface area contributed by atoms with Crippen molar-refractivity contribution in [2.45, 2.75) is 6.92 Å². The van der Waals surface area contributed by atoms with E-state index in [-0.39, 0.29) is 10.9 Å². The Morgan fingerprint density at radius 3 is 2.92 bits per heavy atom. The van der Waals surface area contributed by atoms with Gasteiger partial charge in [-0.3, -0.25) is 19.6 Å². The molecule has 0 bridgehead atoms. The first kappa shape index (κ1) is 8.79. The molecule has 0 spiro atoms. The molecule has 65 valence electrons. The smallest absolute Gasteiger partial charge is 0.297 e. The Bertz CT molecular complexity index is 285. The van der Waals surface area contributed by atoms with Gasteiger partial charge in [0, 0.05) is 24.1 Å². The molecule has 0 saturated heterocycles. The van der Waals surface area contributed by atoms with Crippen LogP contribution in [0.15, 0.2) is 22.6 Å². The van der Waals surface area contributed by atoms with Crippen LogP contribution in [-0.2, 0) is 4.79 Å². The van der Waals surface area contributed by atoms with Crippen molar-refractivity contribution in [3.05, 3.63) is 32.7 Å². The third-order valence-corrected chi connectivity index (χ3v) is 2.78. The fourth-order valence-corrected chi connectivity index (χ4v) is 1.97. The van der Waals surface area contributed by atoms with Gasteiger partial charge >= 0.3 is 5.03 Å². The van der Waals surface area contributed by atoms with E-state index in [2.05, 4.69) is 4.72 Å². The van der Waals surface area contributed by atoms with E-state index < -0.39 is 16.0 Å². The molecule has 1 aliphatic rings. The Labute approximate surface area is 71.8 Å². The first-order valence-corrected chi connectivity index (χ1v) is 4.43. The van der Waals surface area contributed by atoms with Gasteiger partial charge in [0.2, 0.25) is 5.91 Å². The van der Waals surface area contributed by atoms with Gasteiger partial charge in [-0.1, -0.05) is 0 Å². The summed E-state index contributed by atoms with van der Waals surface area (Å²) in [6.45, 7) is 1.33. The third kappa shape index (κ3) is 1.85. The second kappa shape index (κ2) is 3.40. The molecule has 0 aromatic heterocycles. The molecule has 0 aliphatic carbocycles. The third-order valence-electron chi connectivity index (χ3n) is 1.11. The Kier molecular flexibility index (Phi) is 2.49. The molecule has 1 aliphatic heterocycles. The first-order chi connectivity index (χ1) is 5.61. The minimum atomic E-state index is -0.843. The van der Waals surface area contributed by atoms with Crippen molar-refractivity contribution in [3.8, 4) is 0 Å². The van der Waals surface area contributed by atoms with Crippen LogP contribution in [0.3, 0.4) is 0 Å². The van der Waals surface area contributed by atoms with Crippen LogP contribution in [0.25, 0.3) is 0 Å². The molecule has 0 aromatic rings. The van der Waals surface area contributed by atoms with Crippen LogP contribution in [-0.4, -0.2) is 10.8 Å². The summed E-state index contributed by atoms with van der Waals surface area (Å²) in [4.78, 5) is 20.4. The van der Waals surface area contributed by atoms with Crippen LogP contribution in [0.5, 0.6) is 0 Å². The molecule has 1 N–H and O–H groups in total. The Hall–Kier alpha value is -1.30. The highest BCUT2D eigenvalue weighted by Crippen LogP contribution is 2.36. The largest absolute Gasteiger partial charge is 0.316 e. The molecular formula is C6H7N2O3S. The van der Waals surface area contributed by atoms with Crippen LogP contribution >= 0.6 is 11.1 Å². The number of nitro groups is 1. The minimum absolute atomic E-state index is 0.0326. The van der Waals surface area contributed by atoms with E-state index in [9.17, 15) is 14.9 Å². The first-order valence-electron chi connectivity index (χ1n) is 3.14. The van der Waals surface area contributed by atoms with Crippen molar-refractivity contribution < 1.29 is 9.72 Å². The average Bonchev–Trinajstić information content (AvgIpc) is 2.33. The van der Waals surface area contributed by atoms with Gasteiger partial charge in [-0.15, -0.1) is 0 Å². The lowest BCUT2D eigenvalue weighted by Gasteiger charge is -2.08. The van der Waals surface area contributed by atoms with Crippen LogP contribution in [0.4, 0.5) is 0 Å². The van der Waals surface area contributed by atoms with Gasteiger partial charge in [-0.2, -0.15) is 0 Å². The van der Waals surface area contributed by atoms with Gasteiger partial charge in [-0.25, -0.2) is 0 Å². The summed E-state index contributed by atoms with van der Waals surface area (Å²) in [5.74, 6) is -0.266. The second-order valence-electron chi connectivity index (χ2n) is 2.09. The standard InChI is InChI=1S/C6H7N2O3S/c1-5(9)7-12-4-2-3-6(12)8(10)11/h2-4H,1H3,(H,7,9). The van der Waals surface area contributed by atoms with Gasteiger partial charge in [0.1, 0.15) is 0 Å². The minimum Gasteiger partial charge on any atom is -0.297 e. The zero-order chi connectivity index (χ0) is 9.14. The van der Waals surface area contributed by atoms with Crippen molar-refractivity contribution in [2.24, 2.45) is 0 Å². The number of rotatable bonds is 2. The summed E-state index contributed by atoms with van der Waals surface area (Å²) in [6.07, 6.45) is 2.95. The zero-order valence-electron chi connectivity index (χ0n) is 6.31. The number of nitrogens with one attached hydrogen (secondary N) is 1. The molecule has 1 amide bonds. The predicted octanol–water partition coefficient (Wildman–Crippen LogP) is 0.952. The Balaban J connectivity index is 2.67. The summed E-state index contributed by atoms with van der Waals surface area (Å²) in [5.41, 5.74) is 0. The molecule has 1 radical (unpaired) electrons. The van der Waals surface area contributed by atoms with Gasteiger partial charge < -0.3 is 0 Å². The predicted molar refractivity (Wildman–Crippen MR) is 45.6 cm³/mol. The summed E-state index contributed by atoms with van der Waals surface area (Å²) < 4.78 is 2.47. The van der Waals surface area contributed by atoms with Crippen LogP contribution in [0, 0.1) is 10.1 Å². The second-order valence-corrected chi connectivity index (χ2v) is 3.66. The monoisotopic (exact) mass is 187 g/mol. The molecule has 5 nitrogen and oxygen atoms in total. The van der Waals surface area contributed by atoms with Crippen LogP contribution in [0.1, 0.15) is 6.92 Å². The highest BCUT2D eigenvalue weighted by molar-refractivity contribution is 8.21. The fourth-order valence-electron chi connectivity index (χ4n) is 0.725. The molecule has 0 fully saturated rings. The quantitative estimate of drug-likeness (QED) is 0.516. The highest BCUT2D eigenvalue weighted by atomic mass is 32.2. The van der Waals surface area contributed by atoms with E-state index in [1.165, 1.54) is 13.0 Å². The number of hydrogen-bond acceptors (Lipinski definition) is 3. The topological polar surface area (TPSA) is 72.2 Å². The molecule has 0 saturated carbocycles. The number of nitrogens with zero attached hydrogens (tertiary/aromatic N) is 1. The lowest BCUT2D eigenvalue weighted by Crippen LogP contribution is -2.17. The molecule has 12 heavy (non-hydrogen) atoms. The van der Waals surface area contributed by atoms with Crippen molar-refractivity contribution in [2.75, 3.05) is 0 Å². The highest BCUT2D eigenvalue weighted by Gasteiger charge is 2.24. The van der Waals surface area contributed by atoms with Gasteiger partial charge in [0.25, 0.3) is 0 Å². The van der Waals surface area contributed by atoms with Gasteiger partial charge in [-0.05, 0) is 11.5 Å². The van der Waals surface area contributed by atoms with Gasteiger partial charge in [0.15, 0.2) is 0 Å². The van der Waals surface area contributed by atoms with E-state index >= 15 is 0 Å². The van der Waals surface area contributed by atoms with E-state index in [4.69, 9.17) is 0 Å². The van der Waals surface area contributed by atoms with E-state index in [1.807, 2.05) is 0 Å². The lowest BCUT2D eigenvalue weighted by atomic mass is 10.6. The van der Waals surface area contributed by atoms with E-state index in [0.717, 1.165) is 0 Å².